The quantitative estimate of drug-likeness (QED) is 0.167. The summed E-state index contributed by atoms with van der Waals surface area (Å²) in [6.07, 6.45) is -9.05. The molecular weight excluding hydrogens is 678 g/mol. The van der Waals surface area contributed by atoms with E-state index in [1.807, 2.05) is 0 Å². The number of hydrazine groups is 1. The highest BCUT2D eigenvalue weighted by Crippen LogP contribution is 2.40. The normalized spacial score (nSPS) is 17.0. The molecule has 0 aromatic heterocycles. The van der Waals surface area contributed by atoms with E-state index >= 15 is 0 Å². The number of thiocarbonyl (C=S) groups is 1. The van der Waals surface area contributed by atoms with Crippen LogP contribution in [0, 0.1) is 0 Å². The molecule has 2 saturated heterocycles. The van der Waals surface area contributed by atoms with E-state index in [1.165, 1.54) is 24.3 Å². The molecule has 3 N–H and O–H groups in total. The summed E-state index contributed by atoms with van der Waals surface area (Å²) >= 11 is 6.10. The molecule has 0 unspecified atom stereocenters. The lowest BCUT2D eigenvalue weighted by Gasteiger charge is -2.26. The van der Waals surface area contributed by atoms with Crippen LogP contribution in [0.1, 0.15) is 23.1 Å². The summed E-state index contributed by atoms with van der Waals surface area (Å²) in [5.41, 5.74) is -0.571. The van der Waals surface area contributed by atoms with Crippen molar-refractivity contribution in [3.63, 3.8) is 0 Å². The van der Waals surface area contributed by atoms with Crippen molar-refractivity contribution in [1.29, 1.82) is 0 Å². The van der Waals surface area contributed by atoms with Gasteiger partial charge in [-0.25, -0.2) is 10.4 Å². The van der Waals surface area contributed by atoms with Crippen molar-refractivity contribution in [2.75, 3.05) is 52.5 Å². The molecule has 2 aliphatic rings. The number of amides is 2. The maximum absolute atomic E-state index is 13.6. The highest BCUT2D eigenvalue weighted by Gasteiger charge is 2.37. The Labute approximate surface area is 274 Å². The second-order valence-corrected chi connectivity index (χ2v) is 11.9. The minimum absolute atomic E-state index is 0.0000137. The van der Waals surface area contributed by atoms with Crippen molar-refractivity contribution in [3.05, 3.63) is 58.0 Å². The molecule has 18 heteroatoms. The molecule has 0 radical (unpaired) electrons. The van der Waals surface area contributed by atoms with Crippen LogP contribution in [0.3, 0.4) is 0 Å². The zero-order chi connectivity index (χ0) is 34.4. The van der Waals surface area contributed by atoms with Crippen LogP contribution in [0.5, 0.6) is 5.75 Å². The number of aliphatic carboxylic acids is 1. The van der Waals surface area contributed by atoms with E-state index in [2.05, 4.69) is 15.6 Å². The molecule has 0 aliphatic carbocycles. The van der Waals surface area contributed by atoms with Gasteiger partial charge in [-0.1, -0.05) is 30.0 Å². The minimum atomic E-state index is -5.05. The van der Waals surface area contributed by atoms with Gasteiger partial charge in [0.1, 0.15) is 12.4 Å². The van der Waals surface area contributed by atoms with Crippen LogP contribution in [-0.4, -0.2) is 89.7 Å². The van der Waals surface area contributed by atoms with E-state index in [0.29, 0.717) is 45.0 Å². The number of carbonyl (C=O) groups excluding carboxylic acids is 2. The zero-order valence-electron chi connectivity index (χ0n) is 24.4. The predicted octanol–water partition coefficient (Wildman–Crippen LogP) is 4.40. The molecule has 47 heavy (non-hydrogen) atoms. The molecule has 0 saturated carbocycles. The number of ether oxygens (including phenoxy) is 2. The zero-order valence-corrected chi connectivity index (χ0v) is 26.0. The van der Waals surface area contributed by atoms with Crippen LogP contribution >= 0.6 is 24.0 Å². The molecule has 2 aromatic rings. The third-order valence-electron chi connectivity index (χ3n) is 6.84. The van der Waals surface area contributed by atoms with Crippen molar-refractivity contribution in [1.82, 2.24) is 20.7 Å². The van der Waals surface area contributed by atoms with Gasteiger partial charge >= 0.3 is 18.3 Å². The summed E-state index contributed by atoms with van der Waals surface area (Å²) < 4.78 is 92.7. The minimum Gasteiger partial charge on any atom is -0.492 e. The van der Waals surface area contributed by atoms with E-state index in [4.69, 9.17) is 26.8 Å². The van der Waals surface area contributed by atoms with Gasteiger partial charge in [-0.2, -0.15) is 26.3 Å². The van der Waals surface area contributed by atoms with E-state index < -0.39 is 47.8 Å². The Hall–Kier alpha value is -3.71. The van der Waals surface area contributed by atoms with Crippen LogP contribution in [0.15, 0.2) is 41.3 Å². The van der Waals surface area contributed by atoms with Gasteiger partial charge in [0.2, 0.25) is 5.91 Å². The first-order valence-electron chi connectivity index (χ1n) is 14.0. The molecule has 0 atom stereocenters. The number of nitrogens with zero attached hydrogens (tertiary/aromatic N) is 2. The second kappa shape index (κ2) is 15.5. The Morgan fingerprint density at radius 2 is 1.68 bits per heavy atom. The van der Waals surface area contributed by atoms with Gasteiger partial charge in [-0.3, -0.25) is 19.3 Å². The number of nitrogens with one attached hydrogen (secondary N) is 2. The SMILES string of the molecule is O=C(O)CCNC(=O)CNN1C(=O)/C(=C/c2cc(-c3cc(C(F)(F)F)cc(C(F)(F)F)c3)ccc2OCCN2CCOCC2)SC1=S. The molecular formula is C29H28F6N4O6S2. The average Bonchev–Trinajstić information content (AvgIpc) is 3.27. The summed E-state index contributed by atoms with van der Waals surface area (Å²) in [7, 11) is 0. The van der Waals surface area contributed by atoms with Gasteiger partial charge < -0.3 is 19.9 Å². The summed E-state index contributed by atoms with van der Waals surface area (Å²) in [5.74, 6) is -2.18. The van der Waals surface area contributed by atoms with Gasteiger partial charge in [0.05, 0.1) is 42.2 Å². The Morgan fingerprint density at radius 3 is 2.30 bits per heavy atom. The highest BCUT2D eigenvalue weighted by atomic mass is 32.2. The number of alkyl halides is 6. The number of hydrogen-bond donors (Lipinski definition) is 3. The fourth-order valence-corrected chi connectivity index (χ4v) is 5.68. The number of halogens is 6. The lowest BCUT2D eigenvalue weighted by molar-refractivity contribution is -0.143. The van der Waals surface area contributed by atoms with E-state index in [-0.39, 0.29) is 57.3 Å². The number of carbonyl (C=O) groups is 3. The van der Waals surface area contributed by atoms with E-state index in [9.17, 15) is 40.7 Å². The molecule has 2 fully saturated rings. The fraction of sp³-hybridized carbons (Fsp3) is 0.379. The average molecular weight is 707 g/mol. The Bertz CT molecular complexity index is 1510. The number of thioether (sulfide) groups is 1. The second-order valence-electron chi connectivity index (χ2n) is 10.2. The largest absolute Gasteiger partial charge is 0.492 e. The van der Waals surface area contributed by atoms with E-state index in [1.54, 1.807) is 0 Å². The van der Waals surface area contributed by atoms with Crippen LogP contribution in [0.2, 0.25) is 0 Å². The molecule has 0 spiro atoms. The van der Waals surface area contributed by atoms with Crippen molar-refractivity contribution in [2.24, 2.45) is 0 Å². The van der Waals surface area contributed by atoms with Crippen LogP contribution < -0.4 is 15.5 Å². The monoisotopic (exact) mass is 706 g/mol. The van der Waals surface area contributed by atoms with E-state index in [0.717, 1.165) is 16.8 Å². The molecule has 4 rings (SSSR count). The number of rotatable bonds is 12. The standard InChI is InChI=1S/C29H28F6N4O6S2/c30-28(31,32)20-12-18(13-21(15-20)29(33,34)35)17-1-2-22(45-10-7-38-5-8-44-9-6-38)19(11-17)14-23-26(43)39(27(46)47-23)37-16-24(40)36-4-3-25(41)42/h1-2,11-15,37H,3-10,16H2,(H,36,40)(H,41,42)/b23-14-. The highest BCUT2D eigenvalue weighted by molar-refractivity contribution is 8.26. The van der Waals surface area contributed by atoms with Crippen molar-refractivity contribution < 1.29 is 55.3 Å². The lowest BCUT2D eigenvalue weighted by atomic mass is 9.97. The van der Waals surface area contributed by atoms with Crippen LogP contribution in [0.4, 0.5) is 26.3 Å². The summed E-state index contributed by atoms with van der Waals surface area (Å²) in [6.45, 7) is 2.61. The lowest BCUT2D eigenvalue weighted by Crippen LogP contribution is -2.46. The summed E-state index contributed by atoms with van der Waals surface area (Å²) in [5, 5.41) is 12.0. The number of carboxylic acids is 1. The van der Waals surface area contributed by atoms with Crippen molar-refractivity contribution in [2.45, 2.75) is 18.8 Å². The number of benzene rings is 2. The topological polar surface area (TPSA) is 120 Å². The number of carboxylic acid groups (broad SMARTS) is 1. The summed E-state index contributed by atoms with van der Waals surface area (Å²) in [4.78, 5) is 38.0. The molecule has 2 heterocycles. The van der Waals surface area contributed by atoms with Crippen LogP contribution in [-0.2, 0) is 31.5 Å². The molecule has 2 aromatic carbocycles. The maximum atomic E-state index is 13.6. The molecule has 254 valence electrons. The first kappa shape index (κ1) is 36.1. The fourth-order valence-electron chi connectivity index (χ4n) is 4.47. The van der Waals surface area contributed by atoms with Crippen LogP contribution in [0.25, 0.3) is 17.2 Å². The number of hydrogen-bond acceptors (Lipinski definition) is 9. The van der Waals surface area contributed by atoms with Crippen molar-refractivity contribution >= 4 is 52.2 Å². The molecule has 2 aliphatic heterocycles. The van der Waals surface area contributed by atoms with Gasteiger partial charge in [-0.05, 0) is 47.5 Å². The predicted molar refractivity (Wildman–Crippen MR) is 163 cm³/mol. The molecule has 10 nitrogen and oxygen atoms in total. The third-order valence-corrected chi connectivity index (χ3v) is 8.14. The van der Waals surface area contributed by atoms with Gasteiger partial charge in [0.25, 0.3) is 5.91 Å². The smallest absolute Gasteiger partial charge is 0.416 e. The Kier molecular flexibility index (Phi) is 11.9. The van der Waals surface area contributed by atoms with Gasteiger partial charge in [0.15, 0.2) is 4.32 Å². The van der Waals surface area contributed by atoms with Crippen molar-refractivity contribution in [3.8, 4) is 16.9 Å². The van der Waals surface area contributed by atoms with Gasteiger partial charge in [0, 0.05) is 31.7 Å². The Balaban J connectivity index is 1.63. The maximum Gasteiger partial charge on any atom is 0.416 e. The first-order chi connectivity index (χ1) is 22.1. The first-order valence-corrected chi connectivity index (χ1v) is 15.2. The number of morpholine rings is 1. The third kappa shape index (κ3) is 10.1. The Morgan fingerprint density at radius 1 is 1.02 bits per heavy atom. The molecule has 2 amide bonds. The van der Waals surface area contributed by atoms with Gasteiger partial charge in [-0.15, -0.1) is 0 Å². The molecule has 0 bridgehead atoms. The summed E-state index contributed by atoms with van der Waals surface area (Å²) in [6, 6.07) is 5.30.